The fourth-order valence-corrected chi connectivity index (χ4v) is 4.02. The van der Waals surface area contributed by atoms with E-state index in [4.69, 9.17) is 4.99 Å². The quantitative estimate of drug-likeness (QED) is 0.731. The molecule has 0 saturated carbocycles. The maximum absolute atomic E-state index is 4.91. The number of hydrogen-bond donors (Lipinski definition) is 1. The van der Waals surface area contributed by atoms with Crippen LogP contribution in [0.25, 0.3) is 0 Å². The van der Waals surface area contributed by atoms with Crippen molar-refractivity contribution in [2.24, 2.45) is 10.4 Å². The summed E-state index contributed by atoms with van der Waals surface area (Å²) in [4.78, 5) is 4.91. The Hall–Kier alpha value is -0.480. The third-order valence-electron chi connectivity index (χ3n) is 3.63. The first-order chi connectivity index (χ1) is 9.27. The van der Waals surface area contributed by atoms with Gasteiger partial charge in [-0.2, -0.15) is 0 Å². The number of hydrogen-bond acceptors (Lipinski definition) is 3. The number of halogens is 1. The summed E-state index contributed by atoms with van der Waals surface area (Å²) in [7, 11) is 0. The van der Waals surface area contributed by atoms with E-state index in [1.807, 2.05) is 11.8 Å². The van der Waals surface area contributed by atoms with Crippen LogP contribution in [-0.2, 0) is 0 Å². The number of nitrogens with zero attached hydrogens (tertiary/aromatic N) is 1. The Bertz CT molecular complexity index is 509. The highest BCUT2D eigenvalue weighted by Crippen LogP contribution is 2.32. The van der Waals surface area contributed by atoms with E-state index in [0.717, 1.165) is 21.8 Å². The highest BCUT2D eigenvalue weighted by atomic mass is 79.9. The van der Waals surface area contributed by atoms with E-state index < -0.39 is 0 Å². The van der Waals surface area contributed by atoms with Crippen molar-refractivity contribution < 1.29 is 0 Å². The molecule has 1 heterocycles. The van der Waals surface area contributed by atoms with Crippen LogP contribution in [0.4, 0.5) is 5.69 Å². The molecular weight excluding hydrogens is 332 g/mol. The van der Waals surface area contributed by atoms with Gasteiger partial charge in [0.05, 0.1) is 6.04 Å². The fourth-order valence-electron chi connectivity index (χ4n) is 2.42. The van der Waals surface area contributed by atoms with Gasteiger partial charge in [-0.15, -0.1) is 0 Å². The standard InChI is InChI=1S/C16H23BrN2S/c1-10-8-12(17)9-11(2)14(10)19-15-18-13(6-7-20-15)16(3,4)5/h8-9,13H,6-7H2,1-5H3,(H,18,19). The number of thioether (sulfide) groups is 1. The molecule has 0 radical (unpaired) electrons. The topological polar surface area (TPSA) is 24.4 Å². The molecule has 0 spiro atoms. The monoisotopic (exact) mass is 354 g/mol. The lowest BCUT2D eigenvalue weighted by Gasteiger charge is -2.31. The van der Waals surface area contributed by atoms with Crippen molar-refractivity contribution in [3.63, 3.8) is 0 Å². The average Bonchev–Trinajstić information content (AvgIpc) is 2.33. The maximum atomic E-state index is 4.91. The summed E-state index contributed by atoms with van der Waals surface area (Å²) in [5.41, 5.74) is 3.92. The Morgan fingerprint density at radius 3 is 2.40 bits per heavy atom. The Balaban J connectivity index is 2.24. The van der Waals surface area contributed by atoms with Gasteiger partial charge < -0.3 is 5.32 Å². The molecule has 1 N–H and O–H groups in total. The third-order valence-corrected chi connectivity index (χ3v) is 5.01. The van der Waals surface area contributed by atoms with Crippen LogP contribution in [0.3, 0.4) is 0 Å². The molecule has 1 atom stereocenters. The molecule has 4 heteroatoms. The first kappa shape index (κ1) is 15.9. The van der Waals surface area contributed by atoms with Crippen LogP contribution in [0.1, 0.15) is 38.3 Å². The average molecular weight is 355 g/mol. The van der Waals surface area contributed by atoms with Crippen molar-refractivity contribution in [1.29, 1.82) is 0 Å². The van der Waals surface area contributed by atoms with Crippen molar-refractivity contribution in [3.05, 3.63) is 27.7 Å². The van der Waals surface area contributed by atoms with Crippen molar-refractivity contribution >= 4 is 38.5 Å². The van der Waals surface area contributed by atoms with Crippen LogP contribution in [-0.4, -0.2) is 17.0 Å². The SMILES string of the molecule is Cc1cc(Br)cc(C)c1NC1=NC(C(C)(C)C)CCS1. The second-order valence-corrected chi connectivity index (χ2v) is 8.49. The van der Waals surface area contributed by atoms with Crippen LogP contribution in [0.15, 0.2) is 21.6 Å². The number of amidine groups is 1. The lowest BCUT2D eigenvalue weighted by Crippen LogP contribution is -2.30. The molecule has 0 saturated heterocycles. The molecule has 0 amide bonds. The van der Waals surface area contributed by atoms with Gasteiger partial charge >= 0.3 is 0 Å². The molecule has 0 fully saturated rings. The van der Waals surface area contributed by atoms with Gasteiger partial charge in [0.15, 0.2) is 5.17 Å². The second-order valence-electron chi connectivity index (χ2n) is 6.49. The molecule has 20 heavy (non-hydrogen) atoms. The zero-order valence-corrected chi connectivity index (χ0v) is 15.3. The summed E-state index contributed by atoms with van der Waals surface area (Å²) in [6.45, 7) is 11.1. The lowest BCUT2D eigenvalue weighted by molar-refractivity contribution is 0.316. The number of benzene rings is 1. The third kappa shape index (κ3) is 3.79. The van der Waals surface area contributed by atoms with Gasteiger partial charge in [0.2, 0.25) is 0 Å². The second kappa shape index (κ2) is 6.10. The fraction of sp³-hybridized carbons (Fsp3) is 0.562. The summed E-state index contributed by atoms with van der Waals surface area (Å²) < 4.78 is 1.13. The van der Waals surface area contributed by atoms with Gasteiger partial charge in [0.25, 0.3) is 0 Å². The minimum absolute atomic E-state index is 0.234. The molecule has 0 aliphatic carbocycles. The van der Waals surface area contributed by atoms with Gasteiger partial charge in [-0.1, -0.05) is 48.5 Å². The predicted molar refractivity (Wildman–Crippen MR) is 95.0 cm³/mol. The molecule has 1 aliphatic heterocycles. The molecule has 2 rings (SSSR count). The zero-order chi connectivity index (χ0) is 14.9. The minimum Gasteiger partial charge on any atom is -0.335 e. The largest absolute Gasteiger partial charge is 0.335 e. The predicted octanol–water partition coefficient (Wildman–Crippen LogP) is 5.39. The van der Waals surface area contributed by atoms with E-state index in [1.165, 1.54) is 16.8 Å². The van der Waals surface area contributed by atoms with Gasteiger partial charge in [-0.05, 0) is 48.9 Å². The van der Waals surface area contributed by atoms with Crippen LogP contribution in [0, 0.1) is 19.3 Å². The summed E-state index contributed by atoms with van der Waals surface area (Å²) in [6.07, 6.45) is 1.16. The van der Waals surface area contributed by atoms with E-state index in [2.05, 4.69) is 68.0 Å². The summed E-state index contributed by atoms with van der Waals surface area (Å²) in [5.74, 6) is 1.14. The maximum Gasteiger partial charge on any atom is 0.161 e. The first-order valence-electron chi connectivity index (χ1n) is 7.02. The molecule has 0 bridgehead atoms. The van der Waals surface area contributed by atoms with Crippen LogP contribution in [0.2, 0.25) is 0 Å². The Morgan fingerprint density at radius 1 is 1.25 bits per heavy atom. The van der Waals surface area contributed by atoms with Crippen molar-refractivity contribution in [2.75, 3.05) is 11.1 Å². The van der Waals surface area contributed by atoms with E-state index in [0.29, 0.717) is 6.04 Å². The van der Waals surface area contributed by atoms with Gasteiger partial charge in [0.1, 0.15) is 0 Å². The van der Waals surface area contributed by atoms with Crippen LogP contribution in [0.5, 0.6) is 0 Å². The van der Waals surface area contributed by atoms with Gasteiger partial charge in [-0.3, -0.25) is 4.99 Å². The smallest absolute Gasteiger partial charge is 0.161 e. The summed E-state index contributed by atoms with van der Waals surface area (Å²) in [6, 6.07) is 4.69. The van der Waals surface area contributed by atoms with Gasteiger partial charge in [-0.25, -0.2) is 0 Å². The van der Waals surface area contributed by atoms with Crippen LogP contribution >= 0.6 is 27.7 Å². The van der Waals surface area contributed by atoms with Crippen molar-refractivity contribution in [2.45, 2.75) is 47.1 Å². The molecular formula is C16H23BrN2S. The zero-order valence-electron chi connectivity index (χ0n) is 12.9. The Morgan fingerprint density at radius 2 is 1.85 bits per heavy atom. The Labute approximate surface area is 135 Å². The normalized spacial score (nSPS) is 19.7. The molecule has 1 aromatic carbocycles. The highest BCUT2D eigenvalue weighted by Gasteiger charge is 2.27. The number of aryl methyl sites for hydroxylation is 2. The van der Waals surface area contributed by atoms with E-state index >= 15 is 0 Å². The molecule has 1 unspecified atom stereocenters. The van der Waals surface area contributed by atoms with Crippen LogP contribution < -0.4 is 5.32 Å². The molecule has 2 nitrogen and oxygen atoms in total. The van der Waals surface area contributed by atoms with Crippen molar-refractivity contribution in [1.82, 2.24) is 0 Å². The summed E-state index contributed by atoms with van der Waals surface area (Å²) in [5, 5.41) is 4.60. The number of rotatable bonds is 1. The molecule has 0 aromatic heterocycles. The van der Waals surface area contributed by atoms with Crippen molar-refractivity contribution in [3.8, 4) is 0 Å². The molecule has 110 valence electrons. The molecule has 1 aromatic rings. The van der Waals surface area contributed by atoms with E-state index in [1.54, 1.807) is 0 Å². The number of aliphatic imine (C=N–C) groups is 1. The summed E-state index contributed by atoms with van der Waals surface area (Å²) >= 11 is 5.37. The highest BCUT2D eigenvalue weighted by molar-refractivity contribution is 9.10. The molecule has 1 aliphatic rings. The number of nitrogens with one attached hydrogen (secondary N) is 1. The van der Waals surface area contributed by atoms with E-state index in [-0.39, 0.29) is 5.41 Å². The minimum atomic E-state index is 0.234. The van der Waals surface area contributed by atoms with Gasteiger partial charge in [0, 0.05) is 15.9 Å². The lowest BCUT2D eigenvalue weighted by atomic mass is 9.85. The first-order valence-corrected chi connectivity index (χ1v) is 8.79. The van der Waals surface area contributed by atoms with E-state index in [9.17, 15) is 0 Å². The Kier molecular flexibility index (Phi) is 4.85. The number of anilines is 1.